The quantitative estimate of drug-likeness (QED) is 0.594. The van der Waals surface area contributed by atoms with Crippen molar-refractivity contribution in [2.75, 3.05) is 26.7 Å². The lowest BCUT2D eigenvalue weighted by molar-refractivity contribution is -0.124. The second kappa shape index (κ2) is 9.82. The number of nitrogens with one attached hydrogen (secondary N) is 1. The number of hydrogen-bond acceptors (Lipinski definition) is 4. The first-order chi connectivity index (χ1) is 16.7. The van der Waals surface area contributed by atoms with Crippen molar-refractivity contribution in [2.24, 2.45) is 0 Å². The van der Waals surface area contributed by atoms with Gasteiger partial charge in [-0.15, -0.1) is 0 Å². The van der Waals surface area contributed by atoms with Gasteiger partial charge in [-0.05, 0) is 59.7 Å². The fourth-order valence-electron chi connectivity index (χ4n) is 5.35. The van der Waals surface area contributed by atoms with E-state index in [-0.39, 0.29) is 11.4 Å². The summed E-state index contributed by atoms with van der Waals surface area (Å²) in [7, 11) is 1.70. The normalized spacial score (nSPS) is 17.8. The van der Waals surface area contributed by atoms with Crippen LogP contribution in [0.25, 0.3) is 5.57 Å². The molecule has 5 nitrogen and oxygen atoms in total. The van der Waals surface area contributed by atoms with Crippen molar-refractivity contribution in [3.63, 3.8) is 0 Å². The fourth-order valence-corrected chi connectivity index (χ4v) is 5.35. The average Bonchev–Trinajstić information content (AvgIpc) is 2.88. The summed E-state index contributed by atoms with van der Waals surface area (Å²) in [4.78, 5) is 19.2. The van der Waals surface area contributed by atoms with Gasteiger partial charge in [0.15, 0.2) is 0 Å². The molecular weight excluding hydrogens is 422 g/mol. The zero-order valence-electron chi connectivity index (χ0n) is 19.7. The SMILES string of the molecule is COc1cccc(/C(=C/CCN2CCC3(CC2)NC(=O)Cc2ccccc23)c2cccnc2)c1. The number of methoxy groups -OCH3 is 1. The molecule has 1 amide bonds. The van der Waals surface area contributed by atoms with Crippen LogP contribution < -0.4 is 10.1 Å². The Morgan fingerprint density at radius 2 is 1.91 bits per heavy atom. The molecule has 0 bridgehead atoms. The number of piperidine rings is 1. The molecule has 2 aliphatic heterocycles. The minimum Gasteiger partial charge on any atom is -0.497 e. The minimum atomic E-state index is -0.209. The Morgan fingerprint density at radius 1 is 1.09 bits per heavy atom. The van der Waals surface area contributed by atoms with Gasteiger partial charge >= 0.3 is 0 Å². The van der Waals surface area contributed by atoms with E-state index >= 15 is 0 Å². The van der Waals surface area contributed by atoms with E-state index in [0.717, 1.165) is 55.8 Å². The summed E-state index contributed by atoms with van der Waals surface area (Å²) < 4.78 is 5.45. The minimum absolute atomic E-state index is 0.148. The zero-order chi connectivity index (χ0) is 23.4. The Hall–Kier alpha value is -3.44. The van der Waals surface area contributed by atoms with Crippen molar-refractivity contribution in [1.29, 1.82) is 0 Å². The van der Waals surface area contributed by atoms with Crippen LogP contribution in [0.15, 0.2) is 79.1 Å². The molecule has 1 saturated heterocycles. The molecule has 2 aromatic carbocycles. The van der Waals surface area contributed by atoms with Crippen LogP contribution in [0.5, 0.6) is 5.75 Å². The lowest BCUT2D eigenvalue weighted by Crippen LogP contribution is -2.56. The van der Waals surface area contributed by atoms with Crippen LogP contribution in [0.3, 0.4) is 0 Å². The average molecular weight is 454 g/mol. The smallest absolute Gasteiger partial charge is 0.225 e. The van der Waals surface area contributed by atoms with E-state index in [1.807, 2.05) is 30.5 Å². The molecule has 1 aromatic heterocycles. The number of rotatable bonds is 6. The molecule has 3 aromatic rings. The predicted molar refractivity (Wildman–Crippen MR) is 135 cm³/mol. The van der Waals surface area contributed by atoms with Crippen molar-refractivity contribution in [3.05, 3.63) is 101 Å². The van der Waals surface area contributed by atoms with Gasteiger partial charge in [0.1, 0.15) is 5.75 Å². The molecule has 0 atom stereocenters. The molecule has 34 heavy (non-hydrogen) atoms. The maximum atomic E-state index is 12.4. The number of pyridine rings is 1. The number of hydrogen-bond donors (Lipinski definition) is 1. The van der Waals surface area contributed by atoms with Crippen LogP contribution in [0.1, 0.15) is 41.5 Å². The molecule has 5 heteroatoms. The summed E-state index contributed by atoms with van der Waals surface area (Å²) in [5.74, 6) is 0.998. The van der Waals surface area contributed by atoms with Gasteiger partial charge in [0.2, 0.25) is 5.91 Å². The first-order valence-corrected chi connectivity index (χ1v) is 12.0. The molecule has 0 unspecified atom stereocenters. The number of fused-ring (bicyclic) bond motifs is 2. The number of nitrogens with zero attached hydrogens (tertiary/aromatic N) is 2. The summed E-state index contributed by atoms with van der Waals surface area (Å²) in [6.07, 6.45) is 9.37. The predicted octanol–water partition coefficient (Wildman–Crippen LogP) is 4.58. The maximum absolute atomic E-state index is 12.4. The van der Waals surface area contributed by atoms with E-state index < -0.39 is 0 Å². The van der Waals surface area contributed by atoms with Crippen LogP contribution in [0, 0.1) is 0 Å². The van der Waals surface area contributed by atoms with E-state index in [9.17, 15) is 4.79 Å². The number of ether oxygens (including phenoxy) is 1. The Balaban J connectivity index is 1.28. The summed E-state index contributed by atoms with van der Waals surface area (Å²) in [6.45, 7) is 2.94. The third-order valence-corrected chi connectivity index (χ3v) is 7.12. The van der Waals surface area contributed by atoms with Crippen molar-refractivity contribution in [1.82, 2.24) is 15.2 Å². The van der Waals surface area contributed by atoms with Gasteiger partial charge in [-0.3, -0.25) is 9.78 Å². The second-order valence-electron chi connectivity index (χ2n) is 9.19. The van der Waals surface area contributed by atoms with Crippen LogP contribution in [0.2, 0.25) is 0 Å². The summed E-state index contributed by atoms with van der Waals surface area (Å²) in [5, 5.41) is 3.34. The third kappa shape index (κ3) is 4.62. The largest absolute Gasteiger partial charge is 0.497 e. The van der Waals surface area contributed by atoms with E-state index in [4.69, 9.17) is 4.74 Å². The molecule has 2 aliphatic rings. The molecule has 0 saturated carbocycles. The van der Waals surface area contributed by atoms with Gasteiger partial charge < -0.3 is 15.0 Å². The monoisotopic (exact) mass is 453 g/mol. The first-order valence-electron chi connectivity index (χ1n) is 12.0. The first kappa shape index (κ1) is 22.4. The van der Waals surface area contributed by atoms with Gasteiger partial charge in [-0.25, -0.2) is 0 Å². The molecule has 3 heterocycles. The number of aromatic nitrogens is 1. The second-order valence-corrected chi connectivity index (χ2v) is 9.19. The number of carbonyl (C=O) groups excluding carboxylic acids is 1. The lowest BCUT2D eigenvalue weighted by Gasteiger charge is -2.45. The molecule has 0 radical (unpaired) electrons. The van der Waals surface area contributed by atoms with Crippen LogP contribution in [-0.2, 0) is 16.8 Å². The molecular formula is C29H31N3O2. The summed E-state index contributed by atoms with van der Waals surface area (Å²) in [5.41, 5.74) is 5.70. The van der Waals surface area contributed by atoms with Crippen LogP contribution >= 0.6 is 0 Å². The topological polar surface area (TPSA) is 54.5 Å². The summed E-state index contributed by atoms with van der Waals surface area (Å²) >= 11 is 0. The number of carbonyl (C=O) groups is 1. The summed E-state index contributed by atoms with van der Waals surface area (Å²) in [6, 6.07) is 20.7. The van der Waals surface area contributed by atoms with E-state index in [1.165, 1.54) is 16.7 Å². The fraction of sp³-hybridized carbons (Fsp3) is 0.310. The Morgan fingerprint density at radius 3 is 2.71 bits per heavy atom. The highest BCUT2D eigenvalue weighted by molar-refractivity contribution is 5.82. The van der Waals surface area contributed by atoms with Gasteiger partial charge in [0.05, 0.1) is 19.1 Å². The third-order valence-electron chi connectivity index (χ3n) is 7.12. The molecule has 5 rings (SSSR count). The van der Waals surface area contributed by atoms with Crippen LogP contribution in [0.4, 0.5) is 0 Å². The molecule has 1 spiro atoms. The van der Waals surface area contributed by atoms with Gasteiger partial charge in [-0.2, -0.15) is 0 Å². The number of benzene rings is 2. The molecule has 1 N–H and O–H groups in total. The van der Waals surface area contributed by atoms with Crippen molar-refractivity contribution in [3.8, 4) is 5.75 Å². The Kier molecular flexibility index (Phi) is 6.45. The molecule has 0 aliphatic carbocycles. The number of amides is 1. The van der Waals surface area contributed by atoms with E-state index in [0.29, 0.717) is 6.42 Å². The van der Waals surface area contributed by atoms with E-state index in [2.05, 4.69) is 57.7 Å². The van der Waals surface area contributed by atoms with Crippen molar-refractivity contribution >= 4 is 11.5 Å². The Labute approximate surface area is 201 Å². The zero-order valence-corrected chi connectivity index (χ0v) is 19.7. The highest BCUT2D eigenvalue weighted by Gasteiger charge is 2.41. The van der Waals surface area contributed by atoms with Crippen LogP contribution in [-0.4, -0.2) is 42.5 Å². The highest BCUT2D eigenvalue weighted by Crippen LogP contribution is 2.38. The van der Waals surface area contributed by atoms with Crippen molar-refractivity contribution < 1.29 is 9.53 Å². The number of likely N-dealkylation sites (tertiary alicyclic amines) is 1. The lowest BCUT2D eigenvalue weighted by atomic mass is 9.75. The maximum Gasteiger partial charge on any atom is 0.225 e. The molecule has 174 valence electrons. The van der Waals surface area contributed by atoms with E-state index in [1.54, 1.807) is 13.3 Å². The highest BCUT2D eigenvalue weighted by atomic mass is 16.5. The standard InChI is InChI=1S/C29H31N3O2/c1-34-25-10-4-8-22(19-25)26(24-9-5-15-30-21-24)11-6-16-32-17-13-29(14-18-32)27-12-3-2-7-23(27)20-28(33)31-29/h2-5,7-12,15,19,21H,6,13-14,16-18,20H2,1H3,(H,31,33)/b26-11-. The molecule has 1 fully saturated rings. The van der Waals surface area contributed by atoms with Gasteiger partial charge in [0, 0.05) is 37.6 Å². The van der Waals surface area contributed by atoms with Crippen molar-refractivity contribution in [2.45, 2.75) is 31.2 Å². The van der Waals surface area contributed by atoms with Gasteiger partial charge in [-0.1, -0.05) is 48.5 Å². The van der Waals surface area contributed by atoms with Gasteiger partial charge in [0.25, 0.3) is 0 Å². The Bertz CT molecular complexity index is 1180.